The quantitative estimate of drug-likeness (QED) is 0.841. The smallest absolute Gasteiger partial charge is 0.122 e. The molecule has 2 aliphatic rings. The van der Waals surface area contributed by atoms with Crippen molar-refractivity contribution >= 4 is 0 Å². The Hall–Kier alpha value is -1.92. The van der Waals surface area contributed by atoms with Crippen LogP contribution in [-0.2, 0) is 17.8 Å². The molecule has 1 aromatic carbocycles. The normalized spacial score (nSPS) is 23.5. The zero-order valence-corrected chi connectivity index (χ0v) is 14.1. The molecule has 1 fully saturated rings. The first-order valence-electron chi connectivity index (χ1n) is 8.79. The highest BCUT2D eigenvalue weighted by molar-refractivity contribution is 5.33. The first kappa shape index (κ1) is 15.6. The van der Waals surface area contributed by atoms with Gasteiger partial charge in [0.25, 0.3) is 0 Å². The lowest BCUT2D eigenvalue weighted by Gasteiger charge is -2.40. The maximum atomic E-state index is 6.01. The molecule has 6 heteroatoms. The van der Waals surface area contributed by atoms with Crippen molar-refractivity contribution in [2.75, 3.05) is 26.2 Å². The second-order valence-electron chi connectivity index (χ2n) is 6.49. The Labute approximate surface area is 142 Å². The van der Waals surface area contributed by atoms with Gasteiger partial charge in [0.15, 0.2) is 0 Å². The molecule has 2 aromatic rings. The Kier molecular flexibility index (Phi) is 4.49. The van der Waals surface area contributed by atoms with E-state index in [0.717, 1.165) is 43.9 Å². The van der Waals surface area contributed by atoms with E-state index in [-0.39, 0.29) is 6.10 Å². The number of piperidine rings is 1. The van der Waals surface area contributed by atoms with Gasteiger partial charge in [0.2, 0.25) is 0 Å². The SMILES string of the molecule is CCc1ccccc1OCCN1CC[C@H]2[C@H](C1)OCc1cnnn12. The van der Waals surface area contributed by atoms with Crippen LogP contribution in [0.2, 0.25) is 0 Å². The molecule has 0 aliphatic carbocycles. The number of hydrogen-bond acceptors (Lipinski definition) is 5. The van der Waals surface area contributed by atoms with E-state index < -0.39 is 0 Å². The van der Waals surface area contributed by atoms with E-state index in [1.165, 1.54) is 5.56 Å². The number of likely N-dealkylation sites (tertiary alicyclic amines) is 1. The van der Waals surface area contributed by atoms with Crippen LogP contribution >= 0.6 is 0 Å². The summed E-state index contributed by atoms with van der Waals surface area (Å²) in [4.78, 5) is 2.43. The Morgan fingerprint density at radius 2 is 2.25 bits per heavy atom. The van der Waals surface area contributed by atoms with Crippen LogP contribution in [0.15, 0.2) is 30.5 Å². The first-order chi connectivity index (χ1) is 11.8. The van der Waals surface area contributed by atoms with Crippen LogP contribution in [0.4, 0.5) is 0 Å². The highest BCUT2D eigenvalue weighted by Gasteiger charge is 2.36. The minimum absolute atomic E-state index is 0.205. The van der Waals surface area contributed by atoms with Crippen LogP contribution in [0.1, 0.15) is 30.6 Å². The van der Waals surface area contributed by atoms with E-state index >= 15 is 0 Å². The molecule has 0 radical (unpaired) electrons. The van der Waals surface area contributed by atoms with Crippen LogP contribution in [0.25, 0.3) is 0 Å². The second kappa shape index (κ2) is 6.91. The van der Waals surface area contributed by atoms with Gasteiger partial charge in [-0.05, 0) is 24.5 Å². The van der Waals surface area contributed by atoms with Crippen molar-refractivity contribution in [3.8, 4) is 5.75 Å². The van der Waals surface area contributed by atoms with Gasteiger partial charge < -0.3 is 9.47 Å². The summed E-state index contributed by atoms with van der Waals surface area (Å²) in [6, 6.07) is 8.61. The topological polar surface area (TPSA) is 52.4 Å². The fourth-order valence-corrected chi connectivity index (χ4v) is 3.68. The number of para-hydroxylation sites is 1. The number of fused-ring (bicyclic) bond motifs is 3. The lowest BCUT2D eigenvalue weighted by Crippen LogP contribution is -2.49. The third-order valence-corrected chi connectivity index (χ3v) is 5.04. The lowest BCUT2D eigenvalue weighted by molar-refractivity contribution is -0.0701. The molecule has 4 rings (SSSR count). The number of nitrogens with zero attached hydrogens (tertiary/aromatic N) is 4. The summed E-state index contributed by atoms with van der Waals surface area (Å²) in [5, 5.41) is 8.24. The molecule has 3 heterocycles. The van der Waals surface area contributed by atoms with Crippen molar-refractivity contribution in [1.82, 2.24) is 19.9 Å². The van der Waals surface area contributed by atoms with Crippen molar-refractivity contribution < 1.29 is 9.47 Å². The van der Waals surface area contributed by atoms with Crippen LogP contribution < -0.4 is 4.74 Å². The number of aryl methyl sites for hydroxylation is 1. The second-order valence-corrected chi connectivity index (χ2v) is 6.49. The van der Waals surface area contributed by atoms with Crippen molar-refractivity contribution in [3.05, 3.63) is 41.7 Å². The van der Waals surface area contributed by atoms with E-state index in [1.54, 1.807) is 0 Å². The molecule has 0 amide bonds. The molecule has 0 saturated carbocycles. The van der Waals surface area contributed by atoms with Crippen LogP contribution in [0, 0.1) is 0 Å². The minimum Gasteiger partial charge on any atom is -0.492 e. The Bertz CT molecular complexity index is 687. The summed E-state index contributed by atoms with van der Waals surface area (Å²) in [6.07, 6.45) is 4.06. The zero-order valence-electron chi connectivity index (χ0n) is 14.1. The van der Waals surface area contributed by atoms with Crippen molar-refractivity contribution in [3.63, 3.8) is 0 Å². The monoisotopic (exact) mass is 328 g/mol. The van der Waals surface area contributed by atoms with Gasteiger partial charge >= 0.3 is 0 Å². The van der Waals surface area contributed by atoms with E-state index in [1.807, 2.05) is 12.3 Å². The summed E-state index contributed by atoms with van der Waals surface area (Å²) in [6.45, 7) is 6.39. The zero-order chi connectivity index (χ0) is 16.4. The van der Waals surface area contributed by atoms with Gasteiger partial charge in [0.1, 0.15) is 12.4 Å². The lowest BCUT2D eigenvalue weighted by atomic mass is 10.0. The maximum absolute atomic E-state index is 6.01. The summed E-state index contributed by atoms with van der Waals surface area (Å²) in [5.74, 6) is 1.01. The van der Waals surface area contributed by atoms with Gasteiger partial charge in [-0.3, -0.25) is 4.90 Å². The Morgan fingerprint density at radius 1 is 1.33 bits per heavy atom. The van der Waals surface area contributed by atoms with E-state index in [4.69, 9.17) is 9.47 Å². The number of hydrogen-bond donors (Lipinski definition) is 0. The third kappa shape index (κ3) is 3.03. The van der Waals surface area contributed by atoms with Crippen molar-refractivity contribution in [2.45, 2.75) is 38.5 Å². The molecule has 6 nitrogen and oxygen atoms in total. The Morgan fingerprint density at radius 3 is 3.17 bits per heavy atom. The summed E-state index contributed by atoms with van der Waals surface area (Å²) < 4.78 is 14.1. The largest absolute Gasteiger partial charge is 0.492 e. The number of aromatic nitrogens is 3. The molecular formula is C18H24N4O2. The predicted octanol–water partition coefficient (Wildman–Crippen LogP) is 2.07. The van der Waals surface area contributed by atoms with Crippen LogP contribution in [-0.4, -0.2) is 52.2 Å². The molecule has 1 aromatic heterocycles. The molecule has 2 aliphatic heterocycles. The molecular weight excluding hydrogens is 304 g/mol. The standard InChI is InChI=1S/C18H24N4O2/c1-2-14-5-3-4-6-17(14)23-10-9-21-8-7-16-18(12-21)24-13-15-11-19-20-22(15)16/h3-6,11,16,18H,2,7-10,12-13H2,1H3/t16-,18-/m0/s1. The average Bonchev–Trinajstić information content (AvgIpc) is 3.11. The third-order valence-electron chi connectivity index (χ3n) is 5.04. The molecule has 0 N–H and O–H groups in total. The molecule has 0 spiro atoms. The van der Waals surface area contributed by atoms with Gasteiger partial charge in [-0.2, -0.15) is 0 Å². The first-order valence-corrected chi connectivity index (χ1v) is 8.79. The highest BCUT2D eigenvalue weighted by atomic mass is 16.5. The van der Waals surface area contributed by atoms with Gasteiger partial charge in [-0.1, -0.05) is 30.3 Å². The molecule has 2 atom stereocenters. The van der Waals surface area contributed by atoms with Gasteiger partial charge in [0, 0.05) is 19.6 Å². The number of ether oxygens (including phenoxy) is 2. The fraction of sp³-hybridized carbons (Fsp3) is 0.556. The average molecular weight is 328 g/mol. The molecule has 0 bridgehead atoms. The summed E-state index contributed by atoms with van der Waals surface area (Å²) in [7, 11) is 0. The van der Waals surface area contributed by atoms with Gasteiger partial charge in [0.05, 0.1) is 30.6 Å². The van der Waals surface area contributed by atoms with E-state index in [0.29, 0.717) is 19.3 Å². The van der Waals surface area contributed by atoms with Gasteiger partial charge in [-0.15, -0.1) is 5.10 Å². The predicted molar refractivity (Wildman–Crippen MR) is 90.0 cm³/mol. The van der Waals surface area contributed by atoms with E-state index in [2.05, 4.69) is 45.0 Å². The summed E-state index contributed by atoms with van der Waals surface area (Å²) in [5.41, 5.74) is 2.36. The maximum Gasteiger partial charge on any atom is 0.122 e. The molecule has 24 heavy (non-hydrogen) atoms. The number of rotatable bonds is 5. The van der Waals surface area contributed by atoms with Gasteiger partial charge in [-0.25, -0.2) is 4.68 Å². The highest BCUT2D eigenvalue weighted by Crippen LogP contribution is 2.30. The fourth-order valence-electron chi connectivity index (χ4n) is 3.68. The minimum atomic E-state index is 0.205. The van der Waals surface area contributed by atoms with Crippen LogP contribution in [0.5, 0.6) is 5.75 Å². The van der Waals surface area contributed by atoms with Crippen LogP contribution in [0.3, 0.4) is 0 Å². The van der Waals surface area contributed by atoms with Crippen molar-refractivity contribution in [2.24, 2.45) is 0 Å². The molecule has 1 saturated heterocycles. The molecule has 128 valence electrons. The molecule has 0 unspecified atom stereocenters. The number of benzene rings is 1. The van der Waals surface area contributed by atoms with E-state index in [9.17, 15) is 0 Å². The Balaban J connectivity index is 1.30. The van der Waals surface area contributed by atoms with Crippen molar-refractivity contribution in [1.29, 1.82) is 0 Å². The summed E-state index contributed by atoms with van der Waals surface area (Å²) >= 11 is 0.